The Morgan fingerprint density at radius 3 is 1.33 bits per heavy atom. The van der Waals surface area contributed by atoms with Crippen LogP contribution in [0.3, 0.4) is 0 Å². The van der Waals surface area contributed by atoms with E-state index in [-0.39, 0.29) is 18.5 Å². The highest BCUT2D eigenvalue weighted by Gasteiger charge is 2.18. The fourth-order valence-electron chi connectivity index (χ4n) is 7.21. The molecule has 0 aromatic carbocycles. The summed E-state index contributed by atoms with van der Waals surface area (Å²) in [4.78, 5) is 24.3. The smallest absolute Gasteiger partial charge is 0.305 e. The van der Waals surface area contributed by atoms with Gasteiger partial charge in [0.2, 0.25) is 5.91 Å². The van der Waals surface area contributed by atoms with Crippen LogP contribution in [-0.2, 0) is 14.3 Å². The molecular formula is C49H93NO5. The average molecular weight is 776 g/mol. The van der Waals surface area contributed by atoms with Crippen molar-refractivity contribution in [3.8, 4) is 0 Å². The van der Waals surface area contributed by atoms with Crippen LogP contribution in [0.1, 0.15) is 251 Å². The van der Waals surface area contributed by atoms with Gasteiger partial charge in [-0.3, -0.25) is 9.59 Å². The van der Waals surface area contributed by atoms with E-state index in [0.29, 0.717) is 19.4 Å². The molecule has 0 aliphatic rings. The lowest BCUT2D eigenvalue weighted by molar-refractivity contribution is -0.143. The minimum absolute atomic E-state index is 0.00652. The average Bonchev–Trinajstić information content (AvgIpc) is 3.18. The maximum Gasteiger partial charge on any atom is 0.305 e. The Labute approximate surface area is 341 Å². The van der Waals surface area contributed by atoms with Crippen molar-refractivity contribution in [3.63, 3.8) is 0 Å². The monoisotopic (exact) mass is 776 g/mol. The standard InChI is InChI=1S/C49H93NO5/c1-3-5-7-9-11-13-14-23-27-31-35-39-43-49(54)55-44-40-36-32-28-24-21-19-17-15-16-18-20-22-26-30-34-38-42-48(53)50-46(45-51)47(52)41-37-33-29-25-12-10-8-6-4-2/h11,13,37,41,46-47,51-52H,3-10,12,14-36,38-40,42-45H2,1-2H3,(H,50,53)/b13-11-,41-37+. The summed E-state index contributed by atoms with van der Waals surface area (Å²) >= 11 is 0. The van der Waals surface area contributed by atoms with Gasteiger partial charge in [0.25, 0.3) is 0 Å². The predicted octanol–water partition coefficient (Wildman–Crippen LogP) is 14.0. The van der Waals surface area contributed by atoms with Gasteiger partial charge in [-0.05, 0) is 57.8 Å². The first kappa shape index (κ1) is 53.3. The van der Waals surface area contributed by atoms with Crippen molar-refractivity contribution in [1.82, 2.24) is 5.32 Å². The van der Waals surface area contributed by atoms with Crippen LogP contribution in [0.25, 0.3) is 0 Å². The lowest BCUT2D eigenvalue weighted by atomic mass is 10.0. The van der Waals surface area contributed by atoms with Crippen molar-refractivity contribution < 1.29 is 24.5 Å². The lowest BCUT2D eigenvalue weighted by Gasteiger charge is -2.20. The molecule has 1 amide bonds. The molecule has 55 heavy (non-hydrogen) atoms. The molecule has 0 spiro atoms. The number of aliphatic hydroxyl groups excluding tert-OH is 2. The second kappa shape index (κ2) is 45.0. The van der Waals surface area contributed by atoms with Gasteiger partial charge in [-0.15, -0.1) is 0 Å². The second-order valence-electron chi connectivity index (χ2n) is 16.4. The summed E-state index contributed by atoms with van der Waals surface area (Å²) in [6.45, 7) is 4.83. The molecule has 0 aliphatic heterocycles. The van der Waals surface area contributed by atoms with Crippen molar-refractivity contribution in [3.05, 3.63) is 24.3 Å². The highest BCUT2D eigenvalue weighted by molar-refractivity contribution is 5.76. The van der Waals surface area contributed by atoms with Gasteiger partial charge < -0.3 is 20.3 Å². The Morgan fingerprint density at radius 1 is 0.491 bits per heavy atom. The number of unbranched alkanes of at least 4 members (excludes halogenated alkanes) is 31. The summed E-state index contributed by atoms with van der Waals surface area (Å²) in [6.07, 6.45) is 51.7. The SMILES string of the molecule is CCCCC/C=C\CCCCCCCC(=O)OCCCCCCCCCCCCCCCCCCCC(=O)NC(CO)C(O)/C=C/CCCCCCCCC. The summed E-state index contributed by atoms with van der Waals surface area (Å²) in [5, 5.41) is 22.9. The molecule has 0 saturated carbocycles. The van der Waals surface area contributed by atoms with Crippen LogP contribution in [0.15, 0.2) is 24.3 Å². The summed E-state index contributed by atoms with van der Waals surface area (Å²) in [5.74, 6) is -0.0834. The zero-order chi connectivity index (χ0) is 40.1. The van der Waals surface area contributed by atoms with E-state index in [1.165, 1.54) is 180 Å². The number of amides is 1. The van der Waals surface area contributed by atoms with Crippen molar-refractivity contribution in [1.29, 1.82) is 0 Å². The highest BCUT2D eigenvalue weighted by Crippen LogP contribution is 2.15. The van der Waals surface area contributed by atoms with Gasteiger partial charge in [0, 0.05) is 12.8 Å². The third-order valence-electron chi connectivity index (χ3n) is 11.0. The van der Waals surface area contributed by atoms with Crippen LogP contribution >= 0.6 is 0 Å². The lowest BCUT2D eigenvalue weighted by Crippen LogP contribution is -2.45. The molecule has 0 aromatic rings. The maximum absolute atomic E-state index is 12.3. The van der Waals surface area contributed by atoms with Gasteiger partial charge in [0.05, 0.1) is 25.4 Å². The molecule has 3 N–H and O–H groups in total. The Hall–Kier alpha value is -1.66. The first-order valence-electron chi connectivity index (χ1n) is 24.1. The van der Waals surface area contributed by atoms with Gasteiger partial charge in [0.15, 0.2) is 0 Å². The largest absolute Gasteiger partial charge is 0.466 e. The summed E-state index contributed by atoms with van der Waals surface area (Å²) in [6, 6.07) is -0.629. The summed E-state index contributed by atoms with van der Waals surface area (Å²) in [5.41, 5.74) is 0. The first-order valence-corrected chi connectivity index (χ1v) is 24.1. The highest BCUT2D eigenvalue weighted by atomic mass is 16.5. The molecule has 324 valence electrons. The molecule has 6 nitrogen and oxygen atoms in total. The topological polar surface area (TPSA) is 95.9 Å². The number of rotatable bonds is 44. The number of esters is 1. The zero-order valence-corrected chi connectivity index (χ0v) is 36.7. The molecule has 0 aliphatic carbocycles. The van der Waals surface area contributed by atoms with E-state index in [1.807, 2.05) is 6.08 Å². The van der Waals surface area contributed by atoms with Crippen LogP contribution in [0.2, 0.25) is 0 Å². The second-order valence-corrected chi connectivity index (χ2v) is 16.4. The summed E-state index contributed by atoms with van der Waals surface area (Å²) in [7, 11) is 0. The number of aliphatic hydroxyl groups is 2. The van der Waals surface area contributed by atoms with Crippen molar-refractivity contribution in [2.24, 2.45) is 0 Å². The Balaban J connectivity index is 3.42. The van der Waals surface area contributed by atoms with Crippen LogP contribution in [0.4, 0.5) is 0 Å². The number of ether oxygens (including phenoxy) is 1. The first-order chi connectivity index (χ1) is 27.0. The van der Waals surface area contributed by atoms with Gasteiger partial charge in [-0.25, -0.2) is 0 Å². The van der Waals surface area contributed by atoms with Gasteiger partial charge >= 0.3 is 5.97 Å². The molecular weight excluding hydrogens is 683 g/mol. The third-order valence-corrected chi connectivity index (χ3v) is 11.0. The van der Waals surface area contributed by atoms with E-state index in [1.54, 1.807) is 6.08 Å². The van der Waals surface area contributed by atoms with E-state index >= 15 is 0 Å². The van der Waals surface area contributed by atoms with Crippen LogP contribution < -0.4 is 5.32 Å². The molecule has 0 heterocycles. The molecule has 0 bridgehead atoms. The minimum atomic E-state index is -0.845. The Kier molecular flexibility index (Phi) is 43.7. The van der Waals surface area contributed by atoms with Gasteiger partial charge in [0.1, 0.15) is 0 Å². The number of carbonyl (C=O) groups excluding carboxylic acids is 2. The van der Waals surface area contributed by atoms with Crippen molar-refractivity contribution in [2.75, 3.05) is 13.2 Å². The third kappa shape index (κ3) is 41.8. The molecule has 2 atom stereocenters. The van der Waals surface area contributed by atoms with Crippen molar-refractivity contribution >= 4 is 11.9 Å². The molecule has 2 unspecified atom stereocenters. The van der Waals surface area contributed by atoms with Gasteiger partial charge in [-0.2, -0.15) is 0 Å². The fraction of sp³-hybridized carbons (Fsp3) is 0.878. The van der Waals surface area contributed by atoms with Crippen LogP contribution in [-0.4, -0.2) is 47.4 Å². The predicted molar refractivity (Wildman–Crippen MR) is 236 cm³/mol. The van der Waals surface area contributed by atoms with Gasteiger partial charge in [-0.1, -0.05) is 205 Å². The molecule has 0 saturated heterocycles. The molecule has 0 rings (SSSR count). The van der Waals surface area contributed by atoms with E-state index < -0.39 is 12.1 Å². The Morgan fingerprint density at radius 2 is 0.855 bits per heavy atom. The van der Waals surface area contributed by atoms with E-state index in [9.17, 15) is 19.8 Å². The number of hydrogen-bond donors (Lipinski definition) is 3. The quantitative estimate of drug-likeness (QED) is 0.0325. The van der Waals surface area contributed by atoms with Crippen molar-refractivity contribution in [2.45, 2.75) is 264 Å². The minimum Gasteiger partial charge on any atom is -0.466 e. The molecule has 0 aromatic heterocycles. The van der Waals surface area contributed by atoms with Crippen LogP contribution in [0, 0.1) is 0 Å². The Bertz CT molecular complexity index is 858. The molecule has 0 fully saturated rings. The van der Waals surface area contributed by atoms with E-state index in [0.717, 1.165) is 44.9 Å². The number of nitrogens with one attached hydrogen (secondary N) is 1. The number of allylic oxidation sites excluding steroid dienone is 3. The van der Waals surface area contributed by atoms with E-state index in [2.05, 4.69) is 31.3 Å². The van der Waals surface area contributed by atoms with Crippen LogP contribution in [0.5, 0.6) is 0 Å². The molecule has 0 radical (unpaired) electrons. The zero-order valence-electron chi connectivity index (χ0n) is 36.7. The number of carbonyl (C=O) groups is 2. The summed E-state index contributed by atoms with van der Waals surface area (Å²) < 4.78 is 5.45. The van der Waals surface area contributed by atoms with E-state index in [4.69, 9.17) is 4.74 Å². The maximum atomic E-state index is 12.3. The fourth-order valence-corrected chi connectivity index (χ4v) is 7.21. The molecule has 6 heteroatoms. The number of hydrogen-bond acceptors (Lipinski definition) is 5. The normalized spacial score (nSPS) is 12.9.